The van der Waals surface area contributed by atoms with Gasteiger partial charge in [0.2, 0.25) is 5.91 Å². The number of nitrogens with two attached hydrogens (primary N) is 1. The SMILES string of the molecule is CC1CN(CCC(=O)Nc2ccccc2N)CC(C)N1C. The second-order valence-electron chi connectivity index (χ2n) is 6.01. The van der Waals surface area contributed by atoms with E-state index in [1.165, 1.54) is 0 Å². The van der Waals surface area contributed by atoms with Crippen molar-refractivity contribution in [1.29, 1.82) is 0 Å². The van der Waals surface area contributed by atoms with E-state index in [4.69, 9.17) is 5.73 Å². The minimum atomic E-state index is 0.0205. The highest BCUT2D eigenvalue weighted by molar-refractivity contribution is 5.93. The maximum absolute atomic E-state index is 12.0. The molecule has 5 heteroatoms. The number of likely N-dealkylation sites (N-methyl/N-ethyl adjacent to an activating group) is 1. The molecule has 0 spiro atoms. The first kappa shape index (κ1) is 15.8. The molecule has 0 aliphatic carbocycles. The van der Waals surface area contributed by atoms with E-state index in [2.05, 4.69) is 36.0 Å². The van der Waals surface area contributed by atoms with Gasteiger partial charge in [0.1, 0.15) is 0 Å². The van der Waals surface area contributed by atoms with Gasteiger partial charge in [0.15, 0.2) is 0 Å². The molecule has 2 rings (SSSR count). The first-order valence-electron chi connectivity index (χ1n) is 7.56. The average Bonchev–Trinajstić information content (AvgIpc) is 2.45. The van der Waals surface area contributed by atoms with Crippen molar-refractivity contribution < 1.29 is 4.79 Å². The molecule has 1 heterocycles. The summed E-state index contributed by atoms with van der Waals surface area (Å²) in [4.78, 5) is 16.8. The molecule has 0 aromatic heterocycles. The Morgan fingerprint density at radius 3 is 2.52 bits per heavy atom. The molecule has 1 aromatic carbocycles. The summed E-state index contributed by atoms with van der Waals surface area (Å²) in [5.41, 5.74) is 7.13. The third-order valence-electron chi connectivity index (χ3n) is 4.33. The quantitative estimate of drug-likeness (QED) is 0.827. The van der Waals surface area contributed by atoms with E-state index >= 15 is 0 Å². The number of piperazine rings is 1. The van der Waals surface area contributed by atoms with Gasteiger partial charge in [0.25, 0.3) is 0 Å². The van der Waals surface area contributed by atoms with Crippen LogP contribution in [0.5, 0.6) is 0 Å². The van der Waals surface area contributed by atoms with Gasteiger partial charge in [-0.05, 0) is 33.0 Å². The Morgan fingerprint density at radius 1 is 1.29 bits per heavy atom. The highest BCUT2D eigenvalue weighted by Gasteiger charge is 2.26. The van der Waals surface area contributed by atoms with E-state index in [0.717, 1.165) is 19.6 Å². The van der Waals surface area contributed by atoms with Crippen LogP contribution in [0.3, 0.4) is 0 Å². The largest absolute Gasteiger partial charge is 0.397 e. The number of rotatable bonds is 4. The highest BCUT2D eigenvalue weighted by atomic mass is 16.1. The number of anilines is 2. The van der Waals surface area contributed by atoms with Gasteiger partial charge in [-0.25, -0.2) is 0 Å². The van der Waals surface area contributed by atoms with Crippen LogP contribution in [0.4, 0.5) is 11.4 Å². The fourth-order valence-corrected chi connectivity index (χ4v) is 2.78. The third kappa shape index (κ3) is 4.19. The molecule has 0 saturated carbocycles. The normalized spacial score (nSPS) is 24.0. The first-order valence-corrected chi connectivity index (χ1v) is 7.56. The van der Waals surface area contributed by atoms with Gasteiger partial charge < -0.3 is 11.1 Å². The lowest BCUT2D eigenvalue weighted by atomic mass is 10.1. The second-order valence-corrected chi connectivity index (χ2v) is 6.01. The number of hydrogen-bond donors (Lipinski definition) is 2. The Balaban J connectivity index is 1.81. The maximum atomic E-state index is 12.0. The molecule has 0 radical (unpaired) electrons. The Hall–Kier alpha value is -1.59. The zero-order chi connectivity index (χ0) is 15.4. The van der Waals surface area contributed by atoms with E-state index in [0.29, 0.717) is 29.9 Å². The highest BCUT2D eigenvalue weighted by Crippen LogP contribution is 2.17. The molecule has 2 atom stereocenters. The number of carbonyl (C=O) groups excluding carboxylic acids is 1. The topological polar surface area (TPSA) is 61.6 Å². The third-order valence-corrected chi connectivity index (χ3v) is 4.33. The predicted molar refractivity (Wildman–Crippen MR) is 87.2 cm³/mol. The Bertz CT molecular complexity index is 479. The summed E-state index contributed by atoms with van der Waals surface area (Å²) >= 11 is 0. The van der Waals surface area contributed by atoms with Crippen LogP contribution in [0.2, 0.25) is 0 Å². The molecule has 116 valence electrons. The number of hydrogen-bond acceptors (Lipinski definition) is 4. The molecule has 1 saturated heterocycles. The van der Waals surface area contributed by atoms with Crippen molar-refractivity contribution in [1.82, 2.24) is 9.80 Å². The Labute approximate surface area is 127 Å². The summed E-state index contributed by atoms with van der Waals surface area (Å²) in [5, 5.41) is 2.88. The molecule has 21 heavy (non-hydrogen) atoms. The molecule has 2 unspecified atom stereocenters. The van der Waals surface area contributed by atoms with Crippen molar-refractivity contribution in [2.24, 2.45) is 0 Å². The van der Waals surface area contributed by atoms with E-state index in [1.807, 2.05) is 18.2 Å². The van der Waals surface area contributed by atoms with Crippen LogP contribution in [0.1, 0.15) is 20.3 Å². The maximum Gasteiger partial charge on any atom is 0.225 e. The molecule has 1 aromatic rings. The van der Waals surface area contributed by atoms with Gasteiger partial charge in [-0.3, -0.25) is 14.6 Å². The number of nitrogen functional groups attached to an aromatic ring is 1. The molecule has 1 aliphatic heterocycles. The monoisotopic (exact) mass is 290 g/mol. The number of para-hydroxylation sites is 2. The van der Waals surface area contributed by atoms with Crippen LogP contribution in [0, 0.1) is 0 Å². The van der Waals surface area contributed by atoms with Gasteiger partial charge in [-0.1, -0.05) is 12.1 Å². The summed E-state index contributed by atoms with van der Waals surface area (Å²) in [6, 6.07) is 8.41. The summed E-state index contributed by atoms with van der Waals surface area (Å²) in [7, 11) is 2.16. The first-order chi connectivity index (χ1) is 9.97. The molecule has 0 bridgehead atoms. The van der Waals surface area contributed by atoms with Crippen LogP contribution in [0.25, 0.3) is 0 Å². The predicted octanol–water partition coefficient (Wildman–Crippen LogP) is 1.62. The summed E-state index contributed by atoms with van der Waals surface area (Å²) in [6.45, 7) is 7.28. The van der Waals surface area contributed by atoms with Gasteiger partial charge in [0.05, 0.1) is 11.4 Å². The number of nitrogens with one attached hydrogen (secondary N) is 1. The molecular formula is C16H26N4O. The molecule has 1 aliphatic rings. The molecule has 5 nitrogen and oxygen atoms in total. The average molecular weight is 290 g/mol. The summed E-state index contributed by atoms with van der Waals surface area (Å²) in [6.07, 6.45) is 0.498. The number of amides is 1. The number of carbonyl (C=O) groups is 1. The molecule has 1 fully saturated rings. The Morgan fingerprint density at radius 2 is 1.90 bits per heavy atom. The van der Waals surface area contributed by atoms with E-state index in [-0.39, 0.29) is 5.91 Å². The van der Waals surface area contributed by atoms with Crippen LogP contribution >= 0.6 is 0 Å². The summed E-state index contributed by atoms with van der Waals surface area (Å²) < 4.78 is 0. The fraction of sp³-hybridized carbons (Fsp3) is 0.562. The minimum absolute atomic E-state index is 0.0205. The van der Waals surface area contributed by atoms with Crippen molar-refractivity contribution >= 4 is 17.3 Å². The number of nitrogens with zero attached hydrogens (tertiary/aromatic N) is 2. The van der Waals surface area contributed by atoms with Crippen molar-refractivity contribution in [2.75, 3.05) is 37.7 Å². The minimum Gasteiger partial charge on any atom is -0.397 e. The number of benzene rings is 1. The fourth-order valence-electron chi connectivity index (χ4n) is 2.78. The smallest absolute Gasteiger partial charge is 0.225 e. The Kier molecular flexibility index (Phi) is 5.20. The van der Waals surface area contributed by atoms with Crippen molar-refractivity contribution in [3.63, 3.8) is 0 Å². The van der Waals surface area contributed by atoms with Gasteiger partial charge in [-0.15, -0.1) is 0 Å². The van der Waals surface area contributed by atoms with Gasteiger partial charge in [0, 0.05) is 38.1 Å². The van der Waals surface area contributed by atoms with Gasteiger partial charge in [-0.2, -0.15) is 0 Å². The zero-order valence-electron chi connectivity index (χ0n) is 13.2. The lowest BCUT2D eigenvalue weighted by Gasteiger charge is -2.42. The van der Waals surface area contributed by atoms with Crippen LogP contribution in [0.15, 0.2) is 24.3 Å². The van der Waals surface area contributed by atoms with Crippen molar-refractivity contribution in [3.8, 4) is 0 Å². The lowest BCUT2D eigenvalue weighted by molar-refractivity contribution is -0.116. The standard InChI is InChI=1S/C16H26N4O/c1-12-10-20(11-13(2)19(12)3)9-8-16(21)18-15-7-5-4-6-14(15)17/h4-7,12-13H,8-11,17H2,1-3H3,(H,18,21). The van der Waals surface area contributed by atoms with Crippen molar-refractivity contribution in [2.45, 2.75) is 32.4 Å². The molecule has 1 amide bonds. The molecular weight excluding hydrogens is 264 g/mol. The van der Waals surface area contributed by atoms with Crippen LogP contribution in [-0.2, 0) is 4.79 Å². The van der Waals surface area contributed by atoms with Crippen LogP contribution < -0.4 is 11.1 Å². The molecule has 3 N–H and O–H groups in total. The second kappa shape index (κ2) is 6.91. The lowest BCUT2D eigenvalue weighted by Crippen LogP contribution is -2.55. The van der Waals surface area contributed by atoms with Crippen molar-refractivity contribution in [3.05, 3.63) is 24.3 Å². The van der Waals surface area contributed by atoms with E-state index in [1.54, 1.807) is 6.07 Å². The summed E-state index contributed by atoms with van der Waals surface area (Å²) in [5.74, 6) is 0.0205. The van der Waals surface area contributed by atoms with E-state index < -0.39 is 0 Å². The van der Waals surface area contributed by atoms with E-state index in [9.17, 15) is 4.79 Å². The van der Waals surface area contributed by atoms with Gasteiger partial charge >= 0.3 is 0 Å². The zero-order valence-corrected chi connectivity index (χ0v) is 13.2. The van der Waals surface area contributed by atoms with Crippen LogP contribution in [-0.4, -0.2) is 54.5 Å².